The molecule has 0 aliphatic carbocycles. The monoisotopic (exact) mass is 352 g/mol. The van der Waals surface area contributed by atoms with E-state index in [2.05, 4.69) is 5.32 Å². The zero-order chi connectivity index (χ0) is 16.8. The number of likely N-dealkylation sites (N-methyl/N-ethyl adjacent to an activating group) is 1. The molecule has 0 bridgehead atoms. The summed E-state index contributed by atoms with van der Waals surface area (Å²) in [5.74, 6) is 0.577. The van der Waals surface area contributed by atoms with Gasteiger partial charge in [-0.15, -0.1) is 0 Å². The van der Waals surface area contributed by atoms with Crippen LogP contribution in [0.3, 0.4) is 0 Å². The summed E-state index contributed by atoms with van der Waals surface area (Å²) in [5.41, 5.74) is 0.626. The van der Waals surface area contributed by atoms with E-state index in [1.165, 1.54) is 6.08 Å². The lowest BCUT2D eigenvalue weighted by Crippen LogP contribution is -2.33. The van der Waals surface area contributed by atoms with Crippen molar-refractivity contribution in [2.24, 2.45) is 0 Å². The third-order valence-electron chi connectivity index (χ3n) is 3.37. The second-order valence-corrected chi connectivity index (χ2v) is 6.02. The van der Waals surface area contributed by atoms with Crippen LogP contribution in [0.25, 0.3) is 6.08 Å². The predicted molar refractivity (Wildman–Crippen MR) is 93.6 cm³/mol. The van der Waals surface area contributed by atoms with Gasteiger partial charge in [0.05, 0.1) is 12.3 Å². The molecule has 1 heterocycles. The maximum absolute atomic E-state index is 12.0. The molecule has 1 aromatic heterocycles. The highest BCUT2D eigenvalue weighted by atomic mass is 35.5. The van der Waals surface area contributed by atoms with Crippen molar-refractivity contribution in [2.75, 3.05) is 20.6 Å². The normalized spacial score (nSPS) is 12.7. The van der Waals surface area contributed by atoms with Crippen LogP contribution in [0.2, 0.25) is 10.0 Å². The van der Waals surface area contributed by atoms with E-state index >= 15 is 0 Å². The van der Waals surface area contributed by atoms with Gasteiger partial charge in [0.2, 0.25) is 5.91 Å². The van der Waals surface area contributed by atoms with Gasteiger partial charge in [-0.05, 0) is 44.4 Å². The van der Waals surface area contributed by atoms with Crippen molar-refractivity contribution in [3.05, 3.63) is 64.0 Å². The quantitative estimate of drug-likeness (QED) is 0.798. The first-order valence-electron chi connectivity index (χ1n) is 7.09. The number of halogens is 2. The van der Waals surface area contributed by atoms with Gasteiger partial charge in [-0.25, -0.2) is 0 Å². The van der Waals surface area contributed by atoms with Crippen LogP contribution >= 0.6 is 23.2 Å². The fourth-order valence-electron chi connectivity index (χ4n) is 2.10. The Hall–Kier alpha value is -1.75. The van der Waals surface area contributed by atoms with Crippen LogP contribution in [0.4, 0.5) is 0 Å². The molecule has 0 fully saturated rings. The summed E-state index contributed by atoms with van der Waals surface area (Å²) < 4.78 is 5.40. The molecule has 6 heteroatoms. The summed E-state index contributed by atoms with van der Waals surface area (Å²) in [5, 5.41) is 3.85. The highest BCUT2D eigenvalue weighted by molar-refractivity contribution is 6.37. The SMILES string of the molecule is CN(C)C(CNC(=O)/C=C/c1c(Cl)cccc1Cl)c1ccco1. The smallest absolute Gasteiger partial charge is 0.244 e. The van der Waals surface area contributed by atoms with Crippen molar-refractivity contribution >= 4 is 35.2 Å². The van der Waals surface area contributed by atoms with Gasteiger partial charge in [0.25, 0.3) is 0 Å². The van der Waals surface area contributed by atoms with Crippen molar-refractivity contribution < 1.29 is 9.21 Å². The number of furan rings is 1. The lowest BCUT2D eigenvalue weighted by molar-refractivity contribution is -0.116. The van der Waals surface area contributed by atoms with Crippen molar-refractivity contribution in [1.29, 1.82) is 0 Å². The molecule has 0 radical (unpaired) electrons. The summed E-state index contributed by atoms with van der Waals surface area (Å²) in [6.45, 7) is 0.430. The molecule has 1 aromatic carbocycles. The minimum Gasteiger partial charge on any atom is -0.468 e. The molecular weight excluding hydrogens is 335 g/mol. The predicted octanol–water partition coefficient (Wildman–Crippen LogP) is 4.02. The maximum Gasteiger partial charge on any atom is 0.244 e. The van der Waals surface area contributed by atoms with E-state index in [4.69, 9.17) is 27.6 Å². The lowest BCUT2D eigenvalue weighted by Gasteiger charge is -2.22. The van der Waals surface area contributed by atoms with E-state index in [1.807, 2.05) is 31.1 Å². The molecule has 122 valence electrons. The van der Waals surface area contributed by atoms with Gasteiger partial charge in [0, 0.05) is 28.2 Å². The Morgan fingerprint density at radius 2 is 1.96 bits per heavy atom. The second kappa shape index (κ2) is 8.20. The van der Waals surface area contributed by atoms with Crippen LogP contribution in [-0.2, 0) is 4.79 Å². The number of nitrogens with zero attached hydrogens (tertiary/aromatic N) is 1. The van der Waals surface area contributed by atoms with E-state index in [-0.39, 0.29) is 11.9 Å². The van der Waals surface area contributed by atoms with Crippen molar-refractivity contribution in [3.8, 4) is 0 Å². The highest BCUT2D eigenvalue weighted by Crippen LogP contribution is 2.25. The van der Waals surface area contributed by atoms with Crippen LogP contribution in [0.1, 0.15) is 17.4 Å². The zero-order valence-electron chi connectivity index (χ0n) is 12.9. The molecule has 2 aromatic rings. The summed E-state index contributed by atoms with van der Waals surface area (Å²) >= 11 is 12.1. The molecule has 23 heavy (non-hydrogen) atoms. The number of carbonyl (C=O) groups is 1. The molecule has 1 unspecified atom stereocenters. The van der Waals surface area contributed by atoms with Crippen LogP contribution in [0.15, 0.2) is 47.1 Å². The first-order valence-corrected chi connectivity index (χ1v) is 7.84. The number of nitrogens with one attached hydrogen (secondary N) is 1. The molecular formula is C17H18Cl2N2O2. The third kappa shape index (κ3) is 4.86. The van der Waals surface area contributed by atoms with Gasteiger partial charge in [-0.3, -0.25) is 9.69 Å². The summed E-state index contributed by atoms with van der Waals surface area (Å²) in [6, 6.07) is 8.88. The minimum absolute atomic E-state index is 0.0359. The number of carbonyl (C=O) groups excluding carboxylic acids is 1. The van der Waals surface area contributed by atoms with E-state index in [1.54, 1.807) is 30.5 Å². The molecule has 0 spiro atoms. The lowest BCUT2D eigenvalue weighted by atomic mass is 10.2. The Morgan fingerprint density at radius 1 is 1.26 bits per heavy atom. The van der Waals surface area contributed by atoms with E-state index in [0.717, 1.165) is 5.76 Å². The Bertz CT molecular complexity index is 662. The molecule has 1 amide bonds. The van der Waals surface area contributed by atoms with Crippen LogP contribution in [0.5, 0.6) is 0 Å². The number of amides is 1. The van der Waals surface area contributed by atoms with Gasteiger partial charge < -0.3 is 9.73 Å². The molecule has 1 N–H and O–H groups in total. The Labute approximate surface area is 145 Å². The van der Waals surface area contributed by atoms with Gasteiger partial charge in [0.1, 0.15) is 5.76 Å². The van der Waals surface area contributed by atoms with Crippen molar-refractivity contribution in [1.82, 2.24) is 10.2 Å². The Morgan fingerprint density at radius 3 is 2.52 bits per heavy atom. The zero-order valence-corrected chi connectivity index (χ0v) is 14.4. The standard InChI is InChI=1S/C17H18Cl2N2O2/c1-21(2)15(16-7-4-10-23-16)11-20-17(22)9-8-12-13(18)5-3-6-14(12)19/h3-10,15H,11H2,1-2H3,(H,20,22)/b9-8+. The first kappa shape index (κ1) is 17.6. The third-order valence-corrected chi connectivity index (χ3v) is 4.02. The second-order valence-electron chi connectivity index (χ2n) is 5.21. The number of hydrogen-bond donors (Lipinski definition) is 1. The molecule has 0 saturated heterocycles. The first-order chi connectivity index (χ1) is 11.0. The van der Waals surface area contributed by atoms with Crippen LogP contribution < -0.4 is 5.32 Å². The molecule has 2 rings (SSSR count). The van der Waals surface area contributed by atoms with Gasteiger partial charge >= 0.3 is 0 Å². The summed E-state index contributed by atoms with van der Waals surface area (Å²) in [6.07, 6.45) is 4.65. The number of rotatable bonds is 6. The molecule has 4 nitrogen and oxygen atoms in total. The minimum atomic E-state index is -0.223. The summed E-state index contributed by atoms with van der Waals surface area (Å²) in [7, 11) is 3.86. The molecule has 0 aliphatic rings. The van der Waals surface area contributed by atoms with Gasteiger partial charge in [0.15, 0.2) is 0 Å². The average molecular weight is 353 g/mol. The van der Waals surface area contributed by atoms with Crippen molar-refractivity contribution in [2.45, 2.75) is 6.04 Å². The van der Waals surface area contributed by atoms with Gasteiger partial charge in [-0.1, -0.05) is 29.3 Å². The van der Waals surface area contributed by atoms with Gasteiger partial charge in [-0.2, -0.15) is 0 Å². The molecule has 1 atom stereocenters. The maximum atomic E-state index is 12.0. The van der Waals surface area contributed by atoms with E-state index < -0.39 is 0 Å². The number of hydrogen-bond acceptors (Lipinski definition) is 3. The van der Waals surface area contributed by atoms with Crippen LogP contribution in [-0.4, -0.2) is 31.4 Å². The Kier molecular flexibility index (Phi) is 6.28. The van der Waals surface area contributed by atoms with Crippen molar-refractivity contribution in [3.63, 3.8) is 0 Å². The Balaban J connectivity index is 1.98. The fourth-order valence-corrected chi connectivity index (χ4v) is 2.63. The van der Waals surface area contributed by atoms with E-state index in [9.17, 15) is 4.79 Å². The van der Waals surface area contributed by atoms with E-state index in [0.29, 0.717) is 22.2 Å². The molecule has 0 aliphatic heterocycles. The average Bonchev–Trinajstić information content (AvgIpc) is 3.00. The fraction of sp³-hybridized carbons (Fsp3) is 0.235. The van der Waals surface area contributed by atoms with Crippen LogP contribution in [0, 0.1) is 0 Å². The highest BCUT2D eigenvalue weighted by Gasteiger charge is 2.17. The topological polar surface area (TPSA) is 45.5 Å². The summed E-state index contributed by atoms with van der Waals surface area (Å²) in [4.78, 5) is 14.0. The number of benzene rings is 1. The molecule has 0 saturated carbocycles. The largest absolute Gasteiger partial charge is 0.468 e.